The second-order valence-corrected chi connectivity index (χ2v) is 15.3. The summed E-state index contributed by atoms with van der Waals surface area (Å²) < 4.78 is 4.55. The highest BCUT2D eigenvalue weighted by atomic mass is 15.0. The third-order valence-electron chi connectivity index (χ3n) is 10.1. The van der Waals surface area contributed by atoms with Gasteiger partial charge in [0.05, 0.1) is 45.1 Å². The normalized spacial score (nSPS) is 12.2. The van der Waals surface area contributed by atoms with Crippen LogP contribution in [0.1, 0.15) is 63.8 Å². The van der Waals surface area contributed by atoms with E-state index >= 15 is 0 Å². The monoisotopic (exact) mass is 646 g/mol. The molecule has 0 saturated heterocycles. The first-order valence-corrected chi connectivity index (χ1v) is 17.2. The number of para-hydroxylation sites is 2. The van der Waals surface area contributed by atoms with Gasteiger partial charge in [0.1, 0.15) is 11.6 Å². The Morgan fingerprint density at radius 3 is 1.58 bits per heavy atom. The lowest BCUT2D eigenvalue weighted by Gasteiger charge is -2.22. The summed E-state index contributed by atoms with van der Waals surface area (Å²) >= 11 is 0. The van der Waals surface area contributed by atoms with Crippen molar-refractivity contribution >= 4 is 43.6 Å². The molecule has 8 aromatic rings. The molecule has 0 atom stereocenters. The molecule has 0 unspecified atom stereocenters. The number of nitrogens with zero attached hydrogens (tertiary/aromatic N) is 4. The van der Waals surface area contributed by atoms with Crippen molar-refractivity contribution in [3.05, 3.63) is 144 Å². The van der Waals surface area contributed by atoms with Crippen LogP contribution in [-0.4, -0.2) is 9.13 Å². The van der Waals surface area contributed by atoms with Gasteiger partial charge in [-0.05, 0) is 70.0 Å². The number of hydrogen-bond donors (Lipinski definition) is 0. The summed E-state index contributed by atoms with van der Waals surface area (Å²) in [6.45, 7) is 13.4. The first-order valence-electron chi connectivity index (χ1n) is 17.2. The third kappa shape index (κ3) is 4.80. The molecule has 0 N–H and O–H groups in total. The minimum absolute atomic E-state index is 0.0535. The molecular weight excluding hydrogens is 609 g/mol. The summed E-state index contributed by atoms with van der Waals surface area (Å²) in [6, 6.07) is 47.3. The second-order valence-electron chi connectivity index (χ2n) is 15.3. The minimum atomic E-state index is -0.0763. The quantitative estimate of drug-likeness (QED) is 0.192. The Morgan fingerprint density at radius 1 is 0.480 bits per heavy atom. The van der Waals surface area contributed by atoms with Gasteiger partial charge in [0.15, 0.2) is 0 Å². The van der Waals surface area contributed by atoms with E-state index in [1.165, 1.54) is 11.1 Å². The Morgan fingerprint density at radius 2 is 1.02 bits per heavy atom. The fourth-order valence-electron chi connectivity index (χ4n) is 7.47. The molecule has 0 radical (unpaired) electrons. The van der Waals surface area contributed by atoms with Crippen LogP contribution in [0.2, 0.25) is 0 Å². The maximum absolute atomic E-state index is 11.4. The Bertz CT molecular complexity index is 2740. The van der Waals surface area contributed by atoms with Crippen molar-refractivity contribution in [1.29, 1.82) is 10.5 Å². The molecule has 0 fully saturated rings. The number of nitriles is 2. The van der Waals surface area contributed by atoms with Gasteiger partial charge in [-0.3, -0.25) is 0 Å². The van der Waals surface area contributed by atoms with Crippen LogP contribution in [-0.2, 0) is 10.8 Å². The fraction of sp³-hybridized carbons (Fsp3) is 0.174. The predicted octanol–water partition coefficient (Wildman–Crippen LogP) is 11.9. The van der Waals surface area contributed by atoms with Gasteiger partial charge < -0.3 is 9.13 Å². The summed E-state index contributed by atoms with van der Waals surface area (Å²) in [5.74, 6) is 0. The Balaban J connectivity index is 1.57. The molecule has 0 bridgehead atoms. The van der Waals surface area contributed by atoms with Gasteiger partial charge in [-0.1, -0.05) is 120 Å². The van der Waals surface area contributed by atoms with Gasteiger partial charge in [0.25, 0.3) is 0 Å². The molecule has 6 aromatic carbocycles. The Hall–Kier alpha value is -6.10. The summed E-state index contributed by atoms with van der Waals surface area (Å²) in [7, 11) is 0. The molecule has 0 amide bonds. The smallest absolute Gasteiger partial charge is 0.104 e. The van der Waals surface area contributed by atoms with E-state index in [4.69, 9.17) is 0 Å². The highest BCUT2D eigenvalue weighted by Gasteiger charge is 2.26. The van der Waals surface area contributed by atoms with E-state index in [1.54, 1.807) is 0 Å². The maximum atomic E-state index is 11.4. The second kappa shape index (κ2) is 11.2. The molecule has 8 rings (SSSR count). The number of rotatable bonds is 3. The van der Waals surface area contributed by atoms with E-state index < -0.39 is 0 Å². The SMILES string of the molecule is CC(C)(C)c1ccc2c3ccccc3n(-c3ccc(-c4cccc(C#N)c4)c(-n4c5ccccc5c5ccc(C(C)(C)C)cc54)c3C#N)c2c1. The summed E-state index contributed by atoms with van der Waals surface area (Å²) in [5.41, 5.74) is 11.0. The van der Waals surface area contributed by atoms with Crippen LogP contribution >= 0.6 is 0 Å². The first kappa shape index (κ1) is 31.2. The summed E-state index contributed by atoms with van der Waals surface area (Å²) in [6.07, 6.45) is 0. The van der Waals surface area contributed by atoms with E-state index in [9.17, 15) is 10.5 Å². The Kier molecular flexibility index (Phi) is 7.00. The minimum Gasteiger partial charge on any atom is -0.308 e. The van der Waals surface area contributed by atoms with Crippen molar-refractivity contribution in [2.45, 2.75) is 52.4 Å². The number of benzene rings is 6. The van der Waals surface area contributed by atoms with Gasteiger partial charge in [-0.15, -0.1) is 0 Å². The zero-order chi connectivity index (χ0) is 34.9. The molecule has 0 aliphatic rings. The van der Waals surface area contributed by atoms with E-state index in [2.05, 4.69) is 160 Å². The van der Waals surface area contributed by atoms with E-state index in [1.807, 2.05) is 24.3 Å². The van der Waals surface area contributed by atoms with Gasteiger partial charge in [-0.25, -0.2) is 0 Å². The maximum Gasteiger partial charge on any atom is 0.104 e. The molecule has 4 nitrogen and oxygen atoms in total. The van der Waals surface area contributed by atoms with Crippen molar-refractivity contribution in [3.8, 4) is 34.6 Å². The lowest BCUT2D eigenvalue weighted by atomic mass is 9.86. The van der Waals surface area contributed by atoms with E-state index in [-0.39, 0.29) is 10.8 Å². The summed E-state index contributed by atoms with van der Waals surface area (Å²) in [5, 5.41) is 25.8. The Labute approximate surface area is 293 Å². The molecular formula is C46H38N4. The highest BCUT2D eigenvalue weighted by molar-refractivity contribution is 6.12. The zero-order valence-corrected chi connectivity index (χ0v) is 29.3. The van der Waals surface area contributed by atoms with Crippen LogP contribution in [0.25, 0.3) is 66.1 Å². The lowest BCUT2D eigenvalue weighted by Crippen LogP contribution is -2.11. The zero-order valence-electron chi connectivity index (χ0n) is 29.3. The third-order valence-corrected chi connectivity index (χ3v) is 10.1. The van der Waals surface area contributed by atoms with Crippen LogP contribution in [0.5, 0.6) is 0 Å². The average molecular weight is 647 g/mol. The van der Waals surface area contributed by atoms with Gasteiger partial charge in [-0.2, -0.15) is 10.5 Å². The number of hydrogen-bond acceptors (Lipinski definition) is 2. The summed E-state index contributed by atoms with van der Waals surface area (Å²) in [4.78, 5) is 0. The highest BCUT2D eigenvalue weighted by Crippen LogP contribution is 2.43. The average Bonchev–Trinajstić information content (AvgIpc) is 3.62. The van der Waals surface area contributed by atoms with Crippen molar-refractivity contribution in [2.75, 3.05) is 0 Å². The molecule has 2 heterocycles. The van der Waals surface area contributed by atoms with Crippen molar-refractivity contribution < 1.29 is 0 Å². The van der Waals surface area contributed by atoms with E-state index in [0.717, 1.165) is 66.1 Å². The molecule has 0 aliphatic carbocycles. The number of aromatic nitrogens is 2. The van der Waals surface area contributed by atoms with Crippen molar-refractivity contribution in [2.24, 2.45) is 0 Å². The largest absolute Gasteiger partial charge is 0.308 e. The van der Waals surface area contributed by atoms with Gasteiger partial charge in [0.2, 0.25) is 0 Å². The van der Waals surface area contributed by atoms with Gasteiger partial charge in [0, 0.05) is 27.1 Å². The van der Waals surface area contributed by atoms with Crippen molar-refractivity contribution in [3.63, 3.8) is 0 Å². The number of fused-ring (bicyclic) bond motifs is 6. The molecule has 2 aromatic heterocycles. The molecule has 0 spiro atoms. The van der Waals surface area contributed by atoms with Crippen LogP contribution in [0.15, 0.2) is 121 Å². The topological polar surface area (TPSA) is 57.4 Å². The molecule has 242 valence electrons. The van der Waals surface area contributed by atoms with Crippen LogP contribution in [0.3, 0.4) is 0 Å². The van der Waals surface area contributed by atoms with Crippen LogP contribution in [0.4, 0.5) is 0 Å². The van der Waals surface area contributed by atoms with Crippen LogP contribution in [0, 0.1) is 22.7 Å². The first-order chi connectivity index (χ1) is 24.0. The standard InChI is InChI=1S/C46H38N4/c1-45(2,3)31-18-20-36-34-14-7-9-16-39(34)49(42(36)25-31)41-23-22-33(30-13-11-12-29(24-30)27-47)44(38(41)28-48)50-40-17-10-8-15-35(40)37-21-19-32(26-43(37)50)46(4,5)6/h7-26H,1-6H3. The fourth-order valence-corrected chi connectivity index (χ4v) is 7.47. The van der Waals surface area contributed by atoms with Gasteiger partial charge >= 0.3 is 0 Å². The van der Waals surface area contributed by atoms with Crippen molar-refractivity contribution in [1.82, 2.24) is 9.13 Å². The van der Waals surface area contributed by atoms with Crippen LogP contribution < -0.4 is 0 Å². The molecule has 4 heteroatoms. The predicted molar refractivity (Wildman–Crippen MR) is 207 cm³/mol. The van der Waals surface area contributed by atoms with E-state index in [0.29, 0.717) is 11.1 Å². The molecule has 50 heavy (non-hydrogen) atoms. The lowest BCUT2D eigenvalue weighted by molar-refractivity contribution is 0.590. The molecule has 0 aliphatic heterocycles. The molecule has 0 saturated carbocycles.